The lowest BCUT2D eigenvalue weighted by molar-refractivity contribution is 0.293. The van der Waals surface area contributed by atoms with Crippen LogP contribution in [0.3, 0.4) is 0 Å². The summed E-state index contributed by atoms with van der Waals surface area (Å²) in [6, 6.07) is 5.66. The van der Waals surface area contributed by atoms with E-state index in [0.717, 1.165) is 29.7 Å². The van der Waals surface area contributed by atoms with E-state index in [4.69, 9.17) is 0 Å². The lowest BCUT2D eigenvalue weighted by Crippen LogP contribution is -2.34. The Balaban J connectivity index is 1.90. The van der Waals surface area contributed by atoms with Crippen molar-refractivity contribution in [2.75, 3.05) is 20.1 Å². The van der Waals surface area contributed by atoms with E-state index in [1.807, 2.05) is 6.07 Å². The molecule has 0 spiro atoms. The molecule has 2 nitrogen and oxygen atoms in total. The molecule has 17 heavy (non-hydrogen) atoms. The van der Waals surface area contributed by atoms with Crippen molar-refractivity contribution in [3.05, 3.63) is 34.1 Å². The van der Waals surface area contributed by atoms with Crippen molar-refractivity contribution in [2.45, 2.75) is 25.4 Å². The molecule has 1 aromatic carbocycles. The van der Waals surface area contributed by atoms with Crippen LogP contribution in [-0.4, -0.2) is 31.1 Å². The Labute approximate surface area is 110 Å². The quantitative estimate of drug-likeness (QED) is 0.920. The summed E-state index contributed by atoms with van der Waals surface area (Å²) in [6.07, 6.45) is 2.52. The first-order chi connectivity index (χ1) is 8.13. The molecule has 1 fully saturated rings. The molecule has 1 aliphatic rings. The fourth-order valence-corrected chi connectivity index (χ4v) is 2.88. The van der Waals surface area contributed by atoms with Crippen LogP contribution in [0.25, 0.3) is 0 Å². The summed E-state index contributed by atoms with van der Waals surface area (Å²) in [6.45, 7) is 2.94. The van der Waals surface area contributed by atoms with Crippen molar-refractivity contribution < 1.29 is 4.39 Å². The molecule has 1 N–H and O–H groups in total. The van der Waals surface area contributed by atoms with Gasteiger partial charge in [0.15, 0.2) is 0 Å². The van der Waals surface area contributed by atoms with Crippen LogP contribution in [0.15, 0.2) is 22.7 Å². The lowest BCUT2D eigenvalue weighted by Gasteiger charge is -2.21. The standard InChI is InChI=1S/C13H18BrFN2/c1-17(9-13-3-2-4-16-13)8-10-5-11(14)7-12(15)6-10/h5-7,13,16H,2-4,8-9H2,1H3. The zero-order chi connectivity index (χ0) is 12.3. The Morgan fingerprint density at radius 1 is 1.47 bits per heavy atom. The van der Waals surface area contributed by atoms with Gasteiger partial charge in [0.25, 0.3) is 0 Å². The summed E-state index contributed by atoms with van der Waals surface area (Å²) in [5.74, 6) is -0.179. The Morgan fingerprint density at radius 3 is 2.94 bits per heavy atom. The summed E-state index contributed by atoms with van der Waals surface area (Å²) in [7, 11) is 2.08. The van der Waals surface area contributed by atoms with Gasteiger partial charge in [0.2, 0.25) is 0 Å². The average Bonchev–Trinajstić information content (AvgIpc) is 2.67. The third-order valence-corrected chi connectivity index (χ3v) is 3.53. The van der Waals surface area contributed by atoms with E-state index in [0.29, 0.717) is 6.04 Å². The molecule has 1 unspecified atom stereocenters. The maximum absolute atomic E-state index is 13.2. The first-order valence-corrected chi connectivity index (χ1v) is 6.79. The topological polar surface area (TPSA) is 15.3 Å². The van der Waals surface area contributed by atoms with Gasteiger partial charge in [0, 0.05) is 23.6 Å². The molecule has 4 heteroatoms. The van der Waals surface area contributed by atoms with Crippen LogP contribution in [0.2, 0.25) is 0 Å². The maximum Gasteiger partial charge on any atom is 0.124 e. The summed E-state index contributed by atoms with van der Waals surface area (Å²) in [5, 5.41) is 3.47. The molecule has 1 aromatic rings. The third kappa shape index (κ3) is 4.05. The minimum Gasteiger partial charge on any atom is -0.313 e. The van der Waals surface area contributed by atoms with Crippen LogP contribution >= 0.6 is 15.9 Å². The van der Waals surface area contributed by atoms with E-state index >= 15 is 0 Å². The number of likely N-dealkylation sites (N-methyl/N-ethyl adjacent to an activating group) is 1. The van der Waals surface area contributed by atoms with E-state index in [2.05, 4.69) is 33.2 Å². The largest absolute Gasteiger partial charge is 0.313 e. The highest BCUT2D eigenvalue weighted by Gasteiger charge is 2.15. The minimum absolute atomic E-state index is 0.179. The molecule has 1 aliphatic heterocycles. The monoisotopic (exact) mass is 300 g/mol. The summed E-state index contributed by atoms with van der Waals surface area (Å²) in [5.41, 5.74) is 1.01. The molecular weight excluding hydrogens is 283 g/mol. The van der Waals surface area contributed by atoms with Gasteiger partial charge in [-0.2, -0.15) is 0 Å². The van der Waals surface area contributed by atoms with Crippen LogP contribution in [-0.2, 0) is 6.54 Å². The van der Waals surface area contributed by atoms with Crippen LogP contribution < -0.4 is 5.32 Å². The van der Waals surface area contributed by atoms with Crippen LogP contribution in [0, 0.1) is 5.82 Å². The second-order valence-corrected chi connectivity index (χ2v) is 5.68. The summed E-state index contributed by atoms with van der Waals surface area (Å²) in [4.78, 5) is 2.24. The van der Waals surface area contributed by atoms with Gasteiger partial charge in [0.05, 0.1) is 0 Å². The van der Waals surface area contributed by atoms with Gasteiger partial charge < -0.3 is 10.2 Å². The number of benzene rings is 1. The lowest BCUT2D eigenvalue weighted by atomic mass is 10.2. The van der Waals surface area contributed by atoms with Gasteiger partial charge in [-0.25, -0.2) is 4.39 Å². The van der Waals surface area contributed by atoms with E-state index in [-0.39, 0.29) is 5.82 Å². The molecule has 0 aromatic heterocycles. The molecule has 1 saturated heterocycles. The Hall–Kier alpha value is -0.450. The highest BCUT2D eigenvalue weighted by Crippen LogP contribution is 2.16. The molecular formula is C13H18BrFN2. The second kappa shape index (κ2) is 5.94. The zero-order valence-electron chi connectivity index (χ0n) is 10.0. The first kappa shape index (κ1) is 13.0. The molecule has 1 heterocycles. The van der Waals surface area contributed by atoms with Gasteiger partial charge >= 0.3 is 0 Å². The number of nitrogens with zero attached hydrogens (tertiary/aromatic N) is 1. The number of nitrogens with one attached hydrogen (secondary N) is 1. The highest BCUT2D eigenvalue weighted by molar-refractivity contribution is 9.10. The molecule has 2 rings (SSSR count). The van der Waals surface area contributed by atoms with Crippen molar-refractivity contribution in [1.29, 1.82) is 0 Å². The minimum atomic E-state index is -0.179. The number of hydrogen-bond donors (Lipinski definition) is 1. The predicted molar refractivity (Wildman–Crippen MR) is 71.5 cm³/mol. The van der Waals surface area contributed by atoms with E-state index in [1.165, 1.54) is 18.9 Å². The molecule has 0 saturated carbocycles. The van der Waals surface area contributed by atoms with Crippen molar-refractivity contribution in [2.24, 2.45) is 0 Å². The van der Waals surface area contributed by atoms with Gasteiger partial charge in [0.1, 0.15) is 5.82 Å². The molecule has 94 valence electrons. The number of hydrogen-bond acceptors (Lipinski definition) is 2. The molecule has 1 atom stereocenters. The van der Waals surface area contributed by atoms with E-state index in [1.54, 1.807) is 6.07 Å². The molecule has 0 amide bonds. The van der Waals surface area contributed by atoms with Crippen molar-refractivity contribution in [3.63, 3.8) is 0 Å². The number of rotatable bonds is 4. The zero-order valence-corrected chi connectivity index (χ0v) is 11.6. The summed E-state index contributed by atoms with van der Waals surface area (Å²) >= 11 is 3.32. The maximum atomic E-state index is 13.2. The SMILES string of the molecule is CN(Cc1cc(F)cc(Br)c1)CC1CCCN1. The highest BCUT2D eigenvalue weighted by atomic mass is 79.9. The van der Waals surface area contributed by atoms with Crippen LogP contribution in [0.5, 0.6) is 0 Å². The predicted octanol–water partition coefficient (Wildman–Crippen LogP) is 2.77. The van der Waals surface area contributed by atoms with Gasteiger partial charge in [-0.3, -0.25) is 0 Å². The van der Waals surface area contributed by atoms with Crippen LogP contribution in [0.4, 0.5) is 4.39 Å². The fourth-order valence-electron chi connectivity index (χ4n) is 2.37. The smallest absolute Gasteiger partial charge is 0.124 e. The Kier molecular flexibility index (Phi) is 4.54. The molecule has 0 bridgehead atoms. The van der Waals surface area contributed by atoms with E-state index < -0.39 is 0 Å². The van der Waals surface area contributed by atoms with Crippen LogP contribution in [0.1, 0.15) is 18.4 Å². The van der Waals surface area contributed by atoms with Gasteiger partial charge in [-0.15, -0.1) is 0 Å². The number of halogens is 2. The van der Waals surface area contributed by atoms with E-state index in [9.17, 15) is 4.39 Å². The molecule has 0 aliphatic carbocycles. The second-order valence-electron chi connectivity index (χ2n) is 4.77. The van der Waals surface area contributed by atoms with Crippen molar-refractivity contribution >= 4 is 15.9 Å². The van der Waals surface area contributed by atoms with Gasteiger partial charge in [-0.05, 0) is 50.2 Å². The third-order valence-electron chi connectivity index (χ3n) is 3.07. The van der Waals surface area contributed by atoms with Gasteiger partial charge in [-0.1, -0.05) is 15.9 Å². The average molecular weight is 301 g/mol. The Morgan fingerprint density at radius 2 is 2.29 bits per heavy atom. The summed E-state index contributed by atoms with van der Waals surface area (Å²) < 4.78 is 14.0. The van der Waals surface area contributed by atoms with Crippen molar-refractivity contribution in [3.8, 4) is 0 Å². The van der Waals surface area contributed by atoms with Crippen molar-refractivity contribution in [1.82, 2.24) is 10.2 Å². The fraction of sp³-hybridized carbons (Fsp3) is 0.538. The molecule has 0 radical (unpaired) electrons. The first-order valence-electron chi connectivity index (χ1n) is 6.00. The normalized spacial score (nSPS) is 20.1. The Bertz CT molecular complexity index is 357.